The van der Waals surface area contributed by atoms with Gasteiger partial charge in [-0.1, -0.05) is 11.6 Å². The highest BCUT2D eigenvalue weighted by Gasteiger charge is 2.21. The Labute approximate surface area is 152 Å². The number of hydrogen-bond donors (Lipinski definition) is 1. The lowest BCUT2D eigenvalue weighted by Crippen LogP contribution is -2.35. The lowest BCUT2D eigenvalue weighted by Gasteiger charge is -2.17. The van der Waals surface area contributed by atoms with Gasteiger partial charge in [0.2, 0.25) is 5.91 Å². The van der Waals surface area contributed by atoms with Gasteiger partial charge in [-0.05, 0) is 47.1 Å². The molecule has 0 aliphatic carbocycles. The first-order valence-electron chi connectivity index (χ1n) is 6.96. The molecule has 0 atom stereocenters. The number of anilines is 1. The van der Waals surface area contributed by atoms with Gasteiger partial charge in [-0.2, -0.15) is 0 Å². The highest BCUT2D eigenvalue weighted by molar-refractivity contribution is 9.10. The molecule has 8 heteroatoms. The first-order valence-corrected chi connectivity index (χ1v) is 8.13. The van der Waals surface area contributed by atoms with Crippen molar-refractivity contribution in [3.63, 3.8) is 0 Å². The van der Waals surface area contributed by atoms with Gasteiger partial charge in [0, 0.05) is 17.6 Å². The van der Waals surface area contributed by atoms with Crippen LogP contribution in [-0.2, 0) is 4.79 Å². The standard InChI is InChI=1S/C16H16BrClN2O4/c1-9-6-13(17)24-15(9)16(22)20(2)8-14(21)19-11-7-10(18)4-5-12(11)23-3/h4-7H,8H2,1-3H3,(H,19,21). The quantitative estimate of drug-likeness (QED) is 0.808. The Bertz CT molecular complexity index is 775. The number of halogens is 2. The minimum Gasteiger partial charge on any atom is -0.495 e. The minimum absolute atomic E-state index is 0.147. The first-order chi connectivity index (χ1) is 11.3. The van der Waals surface area contributed by atoms with Crippen LogP contribution in [0.4, 0.5) is 5.69 Å². The van der Waals surface area contributed by atoms with Crippen LogP contribution in [0.2, 0.25) is 5.02 Å². The second kappa shape index (κ2) is 7.72. The van der Waals surface area contributed by atoms with Crippen LogP contribution in [0.3, 0.4) is 0 Å². The summed E-state index contributed by atoms with van der Waals surface area (Å²) in [7, 11) is 3.01. The number of ether oxygens (including phenoxy) is 1. The number of aryl methyl sites for hydroxylation is 1. The van der Waals surface area contributed by atoms with E-state index in [1.807, 2.05) is 0 Å². The largest absolute Gasteiger partial charge is 0.495 e. The average Bonchev–Trinajstić information content (AvgIpc) is 2.85. The van der Waals surface area contributed by atoms with Crippen molar-refractivity contribution < 1.29 is 18.7 Å². The molecule has 1 aromatic heterocycles. The summed E-state index contributed by atoms with van der Waals surface area (Å²) >= 11 is 9.10. The van der Waals surface area contributed by atoms with Crippen molar-refractivity contribution >= 4 is 45.0 Å². The van der Waals surface area contributed by atoms with Gasteiger partial charge in [-0.25, -0.2) is 0 Å². The highest BCUT2D eigenvalue weighted by Crippen LogP contribution is 2.27. The second-order valence-corrected chi connectivity index (χ2v) is 6.33. The van der Waals surface area contributed by atoms with E-state index >= 15 is 0 Å². The number of nitrogens with zero attached hydrogens (tertiary/aromatic N) is 1. The third kappa shape index (κ3) is 4.30. The number of methoxy groups -OCH3 is 1. The Morgan fingerprint density at radius 2 is 2.08 bits per heavy atom. The molecule has 1 heterocycles. The molecule has 6 nitrogen and oxygen atoms in total. The highest BCUT2D eigenvalue weighted by atomic mass is 79.9. The summed E-state index contributed by atoms with van der Waals surface area (Å²) in [5.74, 6) is -0.0915. The summed E-state index contributed by atoms with van der Waals surface area (Å²) in [4.78, 5) is 25.8. The van der Waals surface area contributed by atoms with Gasteiger partial charge >= 0.3 is 0 Å². The van der Waals surface area contributed by atoms with E-state index in [-0.39, 0.29) is 24.1 Å². The van der Waals surface area contributed by atoms with Crippen molar-refractivity contribution in [2.45, 2.75) is 6.92 Å². The Balaban J connectivity index is 2.05. The molecule has 0 saturated heterocycles. The monoisotopic (exact) mass is 414 g/mol. The molecule has 128 valence electrons. The summed E-state index contributed by atoms with van der Waals surface area (Å²) in [5.41, 5.74) is 1.13. The van der Waals surface area contributed by atoms with E-state index in [2.05, 4.69) is 21.2 Å². The fourth-order valence-electron chi connectivity index (χ4n) is 2.08. The summed E-state index contributed by atoms with van der Waals surface area (Å²) in [5, 5.41) is 3.14. The third-order valence-electron chi connectivity index (χ3n) is 3.25. The zero-order valence-corrected chi connectivity index (χ0v) is 15.7. The molecule has 1 aromatic carbocycles. The molecule has 0 saturated carbocycles. The summed E-state index contributed by atoms with van der Waals surface area (Å²) in [6.07, 6.45) is 0. The maximum Gasteiger partial charge on any atom is 0.290 e. The van der Waals surface area contributed by atoms with Crippen molar-refractivity contribution in [3.05, 3.63) is 45.3 Å². The van der Waals surface area contributed by atoms with E-state index in [9.17, 15) is 9.59 Å². The number of furan rings is 1. The van der Waals surface area contributed by atoms with E-state index in [1.54, 1.807) is 31.2 Å². The zero-order chi connectivity index (χ0) is 17.9. The Hall–Kier alpha value is -1.99. The molecular formula is C16H16BrClN2O4. The van der Waals surface area contributed by atoms with E-state index in [0.29, 0.717) is 26.7 Å². The summed E-state index contributed by atoms with van der Waals surface area (Å²) < 4.78 is 10.9. The number of carbonyl (C=O) groups excluding carboxylic acids is 2. The van der Waals surface area contributed by atoms with Crippen LogP contribution >= 0.6 is 27.5 Å². The molecule has 0 aliphatic rings. The van der Waals surface area contributed by atoms with Crippen molar-refractivity contribution in [1.82, 2.24) is 4.90 Å². The molecule has 0 bridgehead atoms. The molecule has 0 unspecified atom stereocenters. The lowest BCUT2D eigenvalue weighted by atomic mass is 10.2. The van der Waals surface area contributed by atoms with Crippen LogP contribution in [0.5, 0.6) is 5.75 Å². The zero-order valence-electron chi connectivity index (χ0n) is 13.4. The molecule has 2 aromatic rings. The second-order valence-electron chi connectivity index (χ2n) is 5.12. The molecule has 0 aliphatic heterocycles. The van der Waals surface area contributed by atoms with Gasteiger partial charge in [-0.3, -0.25) is 9.59 Å². The number of hydrogen-bond acceptors (Lipinski definition) is 4. The van der Waals surface area contributed by atoms with Gasteiger partial charge in [0.05, 0.1) is 19.3 Å². The molecular weight excluding hydrogens is 400 g/mol. The smallest absolute Gasteiger partial charge is 0.290 e. The van der Waals surface area contributed by atoms with Gasteiger partial charge in [-0.15, -0.1) is 0 Å². The third-order valence-corrected chi connectivity index (χ3v) is 3.87. The Morgan fingerprint density at radius 3 is 2.67 bits per heavy atom. The molecule has 0 radical (unpaired) electrons. The van der Waals surface area contributed by atoms with E-state index in [1.165, 1.54) is 19.1 Å². The van der Waals surface area contributed by atoms with Crippen LogP contribution in [0, 0.1) is 6.92 Å². The topological polar surface area (TPSA) is 71.8 Å². The summed E-state index contributed by atoms with van der Waals surface area (Å²) in [6.45, 7) is 1.61. The molecule has 0 spiro atoms. The van der Waals surface area contributed by atoms with Crippen molar-refractivity contribution in [3.8, 4) is 5.75 Å². The molecule has 24 heavy (non-hydrogen) atoms. The van der Waals surface area contributed by atoms with Gasteiger partial charge < -0.3 is 19.4 Å². The SMILES string of the molecule is COc1ccc(Cl)cc1NC(=O)CN(C)C(=O)c1oc(Br)cc1C. The van der Waals surface area contributed by atoms with Crippen molar-refractivity contribution in [2.75, 3.05) is 26.0 Å². The Morgan fingerprint density at radius 1 is 1.38 bits per heavy atom. The molecule has 2 rings (SSSR count). The average molecular weight is 416 g/mol. The van der Waals surface area contributed by atoms with Crippen LogP contribution in [0.15, 0.2) is 33.4 Å². The predicted molar refractivity (Wildman–Crippen MR) is 94.7 cm³/mol. The van der Waals surface area contributed by atoms with Crippen molar-refractivity contribution in [2.24, 2.45) is 0 Å². The Kier molecular flexibility index (Phi) is 5.90. The molecule has 0 fully saturated rings. The maximum absolute atomic E-state index is 12.3. The number of likely N-dealkylation sites (N-methyl/N-ethyl adjacent to an activating group) is 1. The van der Waals surface area contributed by atoms with Crippen LogP contribution in [0.1, 0.15) is 16.1 Å². The van der Waals surface area contributed by atoms with E-state index in [4.69, 9.17) is 20.8 Å². The summed E-state index contributed by atoms with van der Waals surface area (Å²) in [6, 6.07) is 6.58. The normalized spacial score (nSPS) is 10.4. The van der Waals surface area contributed by atoms with Crippen molar-refractivity contribution in [1.29, 1.82) is 0 Å². The molecule has 2 amide bonds. The van der Waals surface area contributed by atoms with Gasteiger partial charge in [0.15, 0.2) is 10.4 Å². The number of nitrogens with one attached hydrogen (secondary N) is 1. The number of benzene rings is 1. The maximum atomic E-state index is 12.3. The minimum atomic E-state index is -0.383. The lowest BCUT2D eigenvalue weighted by molar-refractivity contribution is -0.116. The predicted octanol–water partition coefficient (Wildman–Crippen LogP) is 3.72. The van der Waals surface area contributed by atoms with Gasteiger partial charge in [0.25, 0.3) is 5.91 Å². The van der Waals surface area contributed by atoms with Crippen LogP contribution in [0.25, 0.3) is 0 Å². The van der Waals surface area contributed by atoms with Crippen LogP contribution < -0.4 is 10.1 Å². The fourth-order valence-corrected chi connectivity index (χ4v) is 2.76. The molecule has 1 N–H and O–H groups in total. The van der Waals surface area contributed by atoms with E-state index < -0.39 is 0 Å². The van der Waals surface area contributed by atoms with Gasteiger partial charge in [0.1, 0.15) is 5.75 Å². The fraction of sp³-hybridized carbons (Fsp3) is 0.250. The van der Waals surface area contributed by atoms with E-state index in [0.717, 1.165) is 0 Å². The number of carbonyl (C=O) groups is 2. The first kappa shape index (κ1) is 18.4. The number of rotatable bonds is 5. The van der Waals surface area contributed by atoms with Crippen LogP contribution in [-0.4, -0.2) is 37.4 Å². The number of amides is 2.